The summed E-state index contributed by atoms with van der Waals surface area (Å²) in [5, 5.41) is 11.2. The summed E-state index contributed by atoms with van der Waals surface area (Å²) in [6.07, 6.45) is -6.06. The molecular formula is C19H29NO11. The average Bonchev–Trinajstić information content (AvgIpc) is 2.63. The van der Waals surface area contributed by atoms with Crippen LogP contribution in [0.1, 0.15) is 48.3 Å². The monoisotopic (exact) mass is 448 g/mol. The van der Waals surface area contributed by atoms with Crippen LogP contribution in [0.5, 0.6) is 0 Å². The van der Waals surface area contributed by atoms with Crippen molar-refractivity contribution in [1.29, 1.82) is 0 Å². The number of amides is 1. The Kier molecular flexibility index (Phi) is 10.2. The number of rotatable bonds is 11. The summed E-state index contributed by atoms with van der Waals surface area (Å²) in [5.74, 6) is -3.98. The zero-order chi connectivity index (χ0) is 24.5. The molecular weight excluding hydrogens is 418 g/mol. The lowest BCUT2D eigenvalue weighted by Gasteiger charge is -2.44. The number of carbonyl (C=O) groups excluding carboxylic acids is 4. The molecule has 31 heavy (non-hydrogen) atoms. The van der Waals surface area contributed by atoms with Crippen LogP contribution < -0.4 is 5.32 Å². The van der Waals surface area contributed by atoms with Crippen molar-refractivity contribution in [2.75, 3.05) is 13.2 Å². The summed E-state index contributed by atoms with van der Waals surface area (Å²) in [6, 6.07) is -1.43. The van der Waals surface area contributed by atoms with Gasteiger partial charge in [-0.1, -0.05) is 0 Å². The van der Waals surface area contributed by atoms with E-state index < -0.39 is 67.0 Å². The van der Waals surface area contributed by atoms with Crippen molar-refractivity contribution in [2.24, 2.45) is 0 Å². The SMILES string of the molecule is [2H][C@@]1(OC(C)=O)[C@@H](NC(C)=O)C(OCCCCC(=O)O)O[C@H](COC(C)=O)[C@@H]1OC(C)=O. The highest BCUT2D eigenvalue weighted by molar-refractivity contribution is 5.73. The zero-order valence-corrected chi connectivity index (χ0v) is 17.9. The third kappa shape index (κ3) is 9.75. The number of carboxylic acids is 1. The maximum Gasteiger partial charge on any atom is 0.303 e. The Hall–Kier alpha value is -2.73. The van der Waals surface area contributed by atoms with E-state index in [1.807, 2.05) is 0 Å². The molecule has 0 aromatic carbocycles. The average molecular weight is 448 g/mol. The van der Waals surface area contributed by atoms with Crippen LogP contribution in [0.3, 0.4) is 0 Å². The standard InChI is InChI=1S/C19H29NO11/c1-10(21)20-16-18(30-13(4)24)17(29-12(3)23)14(9-28-11(2)22)31-19(16)27-8-6-5-7-15(25)26/h14,16-19H,5-9H2,1-4H3,(H,20,21)(H,25,26)/t14-,16-,17+,18-,19?/m1/s1/i18D. The van der Waals surface area contributed by atoms with Gasteiger partial charge in [0.05, 0.1) is 1.37 Å². The van der Waals surface area contributed by atoms with E-state index in [2.05, 4.69) is 5.32 Å². The molecule has 0 radical (unpaired) electrons. The molecule has 1 rings (SSSR count). The number of ether oxygens (including phenoxy) is 5. The van der Waals surface area contributed by atoms with Gasteiger partial charge in [-0.3, -0.25) is 24.0 Å². The van der Waals surface area contributed by atoms with Crippen molar-refractivity contribution < 1.29 is 54.1 Å². The van der Waals surface area contributed by atoms with Crippen LogP contribution >= 0.6 is 0 Å². The maximum atomic E-state index is 11.8. The Bertz CT molecular complexity index is 715. The van der Waals surface area contributed by atoms with E-state index in [1.165, 1.54) is 0 Å². The van der Waals surface area contributed by atoms with E-state index >= 15 is 0 Å². The molecule has 1 aliphatic rings. The Morgan fingerprint density at radius 2 is 1.65 bits per heavy atom. The predicted molar refractivity (Wildman–Crippen MR) is 101 cm³/mol. The minimum Gasteiger partial charge on any atom is -0.481 e. The van der Waals surface area contributed by atoms with E-state index in [1.54, 1.807) is 0 Å². The van der Waals surface area contributed by atoms with Crippen molar-refractivity contribution in [1.82, 2.24) is 5.32 Å². The van der Waals surface area contributed by atoms with Gasteiger partial charge in [-0.25, -0.2) is 0 Å². The highest BCUT2D eigenvalue weighted by Gasteiger charge is 2.51. The van der Waals surface area contributed by atoms with Crippen molar-refractivity contribution in [3.8, 4) is 0 Å². The van der Waals surface area contributed by atoms with Gasteiger partial charge < -0.3 is 34.1 Å². The largest absolute Gasteiger partial charge is 0.481 e. The first-order chi connectivity index (χ1) is 14.9. The third-order valence-corrected chi connectivity index (χ3v) is 3.94. The molecule has 12 nitrogen and oxygen atoms in total. The molecule has 176 valence electrons. The summed E-state index contributed by atoms with van der Waals surface area (Å²) >= 11 is 0. The number of hydrogen-bond donors (Lipinski definition) is 2. The summed E-state index contributed by atoms with van der Waals surface area (Å²) < 4.78 is 35.5. The number of nitrogens with one attached hydrogen (secondary N) is 1. The van der Waals surface area contributed by atoms with Crippen LogP contribution in [0.2, 0.25) is 0 Å². The van der Waals surface area contributed by atoms with E-state index in [0.717, 1.165) is 27.7 Å². The number of esters is 3. The van der Waals surface area contributed by atoms with Gasteiger partial charge in [-0.2, -0.15) is 0 Å². The summed E-state index contributed by atoms with van der Waals surface area (Å²) in [4.78, 5) is 57.3. The second kappa shape index (κ2) is 12.8. The minimum atomic E-state index is -2.39. The van der Waals surface area contributed by atoms with Gasteiger partial charge in [0, 0.05) is 40.7 Å². The predicted octanol–water partition coefficient (Wildman–Crippen LogP) is -0.0860. The van der Waals surface area contributed by atoms with Crippen LogP contribution in [0.15, 0.2) is 0 Å². The highest BCUT2D eigenvalue weighted by atomic mass is 16.7. The van der Waals surface area contributed by atoms with Crippen LogP contribution in [-0.4, -0.2) is 78.7 Å². The molecule has 1 aliphatic heterocycles. The first-order valence-electron chi connectivity index (χ1n) is 10.1. The molecule has 0 spiro atoms. The van der Waals surface area contributed by atoms with E-state index in [0.29, 0.717) is 12.8 Å². The zero-order valence-electron chi connectivity index (χ0n) is 18.9. The fourth-order valence-electron chi connectivity index (χ4n) is 2.81. The molecule has 5 atom stereocenters. The maximum absolute atomic E-state index is 11.8. The van der Waals surface area contributed by atoms with Gasteiger partial charge in [0.2, 0.25) is 5.91 Å². The van der Waals surface area contributed by atoms with Gasteiger partial charge in [-0.05, 0) is 12.8 Å². The van der Waals surface area contributed by atoms with E-state index in [4.69, 9.17) is 30.2 Å². The first-order valence-corrected chi connectivity index (χ1v) is 9.63. The Balaban J connectivity index is 3.25. The quantitative estimate of drug-likeness (QED) is 0.247. The fraction of sp³-hybridized carbons (Fsp3) is 0.737. The van der Waals surface area contributed by atoms with Gasteiger partial charge in [0.15, 0.2) is 18.5 Å². The molecule has 0 aromatic heterocycles. The molecule has 1 amide bonds. The van der Waals surface area contributed by atoms with Crippen LogP contribution in [-0.2, 0) is 47.7 Å². The molecule has 12 heteroatoms. The van der Waals surface area contributed by atoms with Crippen LogP contribution in [0.4, 0.5) is 0 Å². The molecule has 1 saturated heterocycles. The molecule has 1 fully saturated rings. The molecule has 0 aromatic rings. The number of carbonyl (C=O) groups is 5. The normalized spacial score (nSPS) is 28.1. The number of carboxylic acid groups (broad SMARTS) is 1. The van der Waals surface area contributed by atoms with E-state index in [9.17, 15) is 24.0 Å². The van der Waals surface area contributed by atoms with Crippen LogP contribution in [0.25, 0.3) is 0 Å². The summed E-state index contributed by atoms with van der Waals surface area (Å²) in [5.41, 5.74) is 0. The molecule has 2 N–H and O–H groups in total. The molecule has 1 unspecified atom stereocenters. The van der Waals surface area contributed by atoms with Gasteiger partial charge >= 0.3 is 23.9 Å². The van der Waals surface area contributed by atoms with Crippen molar-refractivity contribution in [2.45, 2.75) is 77.6 Å². The number of unbranched alkanes of at least 4 members (excludes halogenated alkanes) is 1. The Labute approximate surface area is 180 Å². The second-order valence-electron chi connectivity index (χ2n) is 6.77. The van der Waals surface area contributed by atoms with Gasteiger partial charge in [0.25, 0.3) is 0 Å². The topological polar surface area (TPSA) is 164 Å². The van der Waals surface area contributed by atoms with Crippen molar-refractivity contribution in [3.05, 3.63) is 0 Å². The lowest BCUT2D eigenvalue weighted by molar-refractivity contribution is -0.277. The summed E-state index contributed by atoms with van der Waals surface area (Å²) in [6.45, 7) is 3.92. The van der Waals surface area contributed by atoms with Gasteiger partial charge in [-0.15, -0.1) is 0 Å². The summed E-state index contributed by atoms with van der Waals surface area (Å²) in [7, 11) is 0. The fourth-order valence-corrected chi connectivity index (χ4v) is 2.81. The molecule has 0 saturated carbocycles. The lowest BCUT2D eigenvalue weighted by Crippen LogP contribution is -2.66. The molecule has 0 aliphatic carbocycles. The molecule has 1 heterocycles. The second-order valence-corrected chi connectivity index (χ2v) is 6.77. The number of hydrogen-bond acceptors (Lipinski definition) is 10. The lowest BCUT2D eigenvalue weighted by atomic mass is 9.96. The third-order valence-electron chi connectivity index (χ3n) is 3.94. The first kappa shape index (κ1) is 24.5. The van der Waals surface area contributed by atoms with Crippen molar-refractivity contribution in [3.63, 3.8) is 0 Å². The van der Waals surface area contributed by atoms with Crippen molar-refractivity contribution >= 4 is 29.8 Å². The number of aliphatic carboxylic acids is 1. The molecule has 0 bridgehead atoms. The van der Waals surface area contributed by atoms with Gasteiger partial charge in [0.1, 0.15) is 18.8 Å². The van der Waals surface area contributed by atoms with Crippen LogP contribution in [0, 0.1) is 0 Å². The van der Waals surface area contributed by atoms with E-state index in [-0.39, 0.29) is 13.0 Å². The Morgan fingerprint density at radius 3 is 2.16 bits per heavy atom. The Morgan fingerprint density at radius 1 is 1.00 bits per heavy atom. The highest BCUT2D eigenvalue weighted by Crippen LogP contribution is 2.28. The minimum absolute atomic E-state index is 0.0112. The smallest absolute Gasteiger partial charge is 0.303 e.